The maximum Gasteiger partial charge on any atom is 0.416 e. The SMILES string of the molecule is O=C(c1cc(C(F)(F)F)ccc1-n1nccn1)N1CC2CC(C1)CN(c1nc3ccccc3s1)C2. The minimum absolute atomic E-state index is 0.0426. The van der Waals surface area contributed by atoms with Gasteiger partial charge in [0.1, 0.15) is 0 Å². The number of hydrogen-bond acceptors (Lipinski definition) is 6. The molecule has 0 N–H and O–H groups in total. The standard InChI is InChI=1S/C24H21F3N6OS/c25-24(26,27)17-5-6-20(33-28-7-8-29-33)18(10-17)22(34)31-11-15-9-16(12-31)14-32(13-15)23-30-19-3-1-2-4-21(19)35-23/h1-8,10,15-16H,9,11-14H2. The lowest BCUT2D eigenvalue weighted by Crippen LogP contribution is -2.54. The number of amides is 1. The van der Waals surface area contributed by atoms with Crippen molar-refractivity contribution >= 4 is 32.6 Å². The average Bonchev–Trinajstić information content (AvgIpc) is 3.52. The molecule has 0 saturated carbocycles. The molecule has 35 heavy (non-hydrogen) atoms. The number of carbonyl (C=O) groups is 1. The van der Waals surface area contributed by atoms with Crippen molar-refractivity contribution in [2.24, 2.45) is 11.8 Å². The number of hydrogen-bond donors (Lipinski definition) is 0. The largest absolute Gasteiger partial charge is 0.416 e. The van der Waals surface area contributed by atoms with Crippen LogP contribution in [0.25, 0.3) is 15.9 Å². The molecule has 6 rings (SSSR count). The number of fused-ring (bicyclic) bond motifs is 3. The number of thiazole rings is 1. The second kappa shape index (κ2) is 8.33. The molecule has 0 spiro atoms. The number of rotatable bonds is 3. The Balaban J connectivity index is 1.26. The van der Waals surface area contributed by atoms with Gasteiger partial charge in [0.25, 0.3) is 5.91 Å². The summed E-state index contributed by atoms with van der Waals surface area (Å²) in [4.78, 5) is 23.5. The molecule has 2 aliphatic heterocycles. The predicted octanol–water partition coefficient (Wildman–Crippen LogP) is 4.49. The van der Waals surface area contributed by atoms with E-state index in [1.807, 2.05) is 18.2 Å². The number of anilines is 1. The molecule has 2 bridgehead atoms. The maximum absolute atomic E-state index is 13.6. The topological polar surface area (TPSA) is 67.2 Å². The first-order chi connectivity index (χ1) is 16.8. The molecule has 4 heterocycles. The molecule has 2 aliphatic rings. The number of benzene rings is 2. The highest BCUT2D eigenvalue weighted by molar-refractivity contribution is 7.22. The van der Waals surface area contributed by atoms with E-state index in [1.54, 1.807) is 16.2 Å². The molecule has 0 aliphatic carbocycles. The van der Waals surface area contributed by atoms with E-state index in [1.165, 1.54) is 23.3 Å². The summed E-state index contributed by atoms with van der Waals surface area (Å²) in [7, 11) is 0. The van der Waals surface area contributed by atoms with Crippen LogP contribution in [0.2, 0.25) is 0 Å². The molecule has 0 radical (unpaired) electrons. The fourth-order valence-corrected chi connectivity index (χ4v) is 6.15. The van der Waals surface area contributed by atoms with Crippen LogP contribution in [-0.2, 0) is 6.18 Å². The number of alkyl halides is 3. The average molecular weight is 499 g/mol. The minimum Gasteiger partial charge on any atom is -0.347 e. The van der Waals surface area contributed by atoms with Crippen molar-refractivity contribution in [3.8, 4) is 5.69 Å². The van der Waals surface area contributed by atoms with Crippen LogP contribution in [0, 0.1) is 11.8 Å². The highest BCUT2D eigenvalue weighted by Crippen LogP contribution is 2.37. The van der Waals surface area contributed by atoms with Crippen molar-refractivity contribution in [2.45, 2.75) is 12.6 Å². The molecule has 2 atom stereocenters. The number of piperidine rings is 2. The van der Waals surface area contributed by atoms with Gasteiger partial charge in [-0.05, 0) is 48.6 Å². The molecule has 2 saturated heterocycles. The van der Waals surface area contributed by atoms with Gasteiger partial charge in [-0.3, -0.25) is 4.79 Å². The van der Waals surface area contributed by atoms with Crippen molar-refractivity contribution < 1.29 is 18.0 Å². The fraction of sp³-hybridized carbons (Fsp3) is 0.333. The smallest absolute Gasteiger partial charge is 0.347 e. The van der Waals surface area contributed by atoms with Gasteiger partial charge < -0.3 is 9.80 Å². The van der Waals surface area contributed by atoms with Crippen LogP contribution in [0.5, 0.6) is 0 Å². The third-order valence-corrected chi connectivity index (χ3v) is 7.71. The summed E-state index contributed by atoms with van der Waals surface area (Å²) in [5.74, 6) is 0.0117. The molecular formula is C24H21F3N6OS. The van der Waals surface area contributed by atoms with Crippen LogP contribution in [0.1, 0.15) is 22.3 Å². The van der Waals surface area contributed by atoms with Crippen LogP contribution in [-0.4, -0.2) is 57.0 Å². The molecular weight excluding hydrogens is 477 g/mol. The number of nitrogens with zero attached hydrogens (tertiary/aromatic N) is 6. The maximum atomic E-state index is 13.6. The number of para-hydroxylation sites is 1. The summed E-state index contributed by atoms with van der Waals surface area (Å²) in [6.07, 6.45) is -0.718. The van der Waals surface area contributed by atoms with Gasteiger partial charge in [0.15, 0.2) is 5.13 Å². The number of carbonyl (C=O) groups excluding carboxylic acids is 1. The third-order valence-electron chi connectivity index (χ3n) is 6.61. The quantitative estimate of drug-likeness (QED) is 0.416. The van der Waals surface area contributed by atoms with Crippen molar-refractivity contribution in [3.63, 3.8) is 0 Å². The molecule has 180 valence electrons. The Hall–Kier alpha value is -3.47. The number of aromatic nitrogens is 4. The van der Waals surface area contributed by atoms with Crippen molar-refractivity contribution in [3.05, 3.63) is 66.0 Å². The zero-order valence-electron chi connectivity index (χ0n) is 18.5. The Morgan fingerprint density at radius 3 is 2.37 bits per heavy atom. The van der Waals surface area contributed by atoms with Gasteiger partial charge in [-0.15, -0.1) is 0 Å². The van der Waals surface area contributed by atoms with E-state index >= 15 is 0 Å². The van der Waals surface area contributed by atoms with E-state index in [0.717, 1.165) is 47.0 Å². The zero-order valence-corrected chi connectivity index (χ0v) is 19.3. The van der Waals surface area contributed by atoms with Crippen molar-refractivity contribution in [1.82, 2.24) is 24.9 Å². The zero-order chi connectivity index (χ0) is 24.2. The molecule has 4 aromatic rings. The molecule has 2 fully saturated rings. The van der Waals surface area contributed by atoms with E-state index in [2.05, 4.69) is 21.2 Å². The van der Waals surface area contributed by atoms with Gasteiger partial charge in [0, 0.05) is 26.2 Å². The van der Waals surface area contributed by atoms with E-state index in [-0.39, 0.29) is 23.1 Å². The van der Waals surface area contributed by atoms with Crippen molar-refractivity contribution in [2.75, 3.05) is 31.1 Å². The Morgan fingerprint density at radius 1 is 0.971 bits per heavy atom. The first kappa shape index (κ1) is 22.0. The van der Waals surface area contributed by atoms with E-state index < -0.39 is 17.6 Å². The molecule has 2 unspecified atom stereocenters. The molecule has 7 nitrogen and oxygen atoms in total. The highest BCUT2D eigenvalue weighted by atomic mass is 32.1. The molecule has 2 aromatic carbocycles. The second-order valence-corrected chi connectivity index (χ2v) is 10.1. The fourth-order valence-electron chi connectivity index (χ4n) is 5.17. The lowest BCUT2D eigenvalue weighted by Gasteiger charge is -2.45. The second-order valence-electron chi connectivity index (χ2n) is 9.10. The summed E-state index contributed by atoms with van der Waals surface area (Å²) in [6, 6.07) is 11.2. The van der Waals surface area contributed by atoms with Gasteiger partial charge in [-0.2, -0.15) is 28.2 Å². The summed E-state index contributed by atoms with van der Waals surface area (Å²) < 4.78 is 41.5. The summed E-state index contributed by atoms with van der Waals surface area (Å²) in [6.45, 7) is 2.49. The highest BCUT2D eigenvalue weighted by Gasteiger charge is 2.38. The first-order valence-electron chi connectivity index (χ1n) is 11.3. The monoisotopic (exact) mass is 498 g/mol. The van der Waals surface area contributed by atoms with Gasteiger partial charge in [-0.25, -0.2) is 4.98 Å². The number of likely N-dealkylation sites (tertiary alicyclic amines) is 1. The van der Waals surface area contributed by atoms with E-state index in [4.69, 9.17) is 4.98 Å². The van der Waals surface area contributed by atoms with Crippen LogP contribution in [0.3, 0.4) is 0 Å². The normalized spacial score (nSPS) is 20.4. The van der Waals surface area contributed by atoms with Crippen LogP contribution < -0.4 is 4.90 Å². The van der Waals surface area contributed by atoms with Crippen LogP contribution in [0.15, 0.2) is 54.9 Å². The lowest BCUT2D eigenvalue weighted by molar-refractivity contribution is -0.137. The number of halogens is 3. The summed E-state index contributed by atoms with van der Waals surface area (Å²) >= 11 is 1.66. The molecule has 2 aromatic heterocycles. The summed E-state index contributed by atoms with van der Waals surface area (Å²) in [5, 5.41) is 9.03. The van der Waals surface area contributed by atoms with Crippen LogP contribution >= 0.6 is 11.3 Å². The van der Waals surface area contributed by atoms with Gasteiger partial charge in [0.05, 0.1) is 39.4 Å². The Kier molecular flexibility index (Phi) is 5.24. The first-order valence-corrected chi connectivity index (χ1v) is 12.1. The Labute approximate surface area is 202 Å². The lowest BCUT2D eigenvalue weighted by atomic mass is 9.84. The Morgan fingerprint density at radius 2 is 1.69 bits per heavy atom. The van der Waals surface area contributed by atoms with Crippen molar-refractivity contribution in [1.29, 1.82) is 0 Å². The van der Waals surface area contributed by atoms with E-state index in [9.17, 15) is 18.0 Å². The minimum atomic E-state index is -4.55. The van der Waals surface area contributed by atoms with Gasteiger partial charge in [-0.1, -0.05) is 23.5 Å². The summed E-state index contributed by atoms with van der Waals surface area (Å²) in [5.41, 5.74) is 0.305. The van der Waals surface area contributed by atoms with Gasteiger partial charge >= 0.3 is 6.18 Å². The van der Waals surface area contributed by atoms with E-state index in [0.29, 0.717) is 13.1 Å². The van der Waals surface area contributed by atoms with Gasteiger partial charge in [0.2, 0.25) is 0 Å². The predicted molar refractivity (Wildman–Crippen MR) is 126 cm³/mol. The molecule has 1 amide bonds. The Bertz CT molecular complexity index is 1340. The third kappa shape index (κ3) is 4.13. The molecule has 11 heteroatoms. The van der Waals surface area contributed by atoms with Crippen LogP contribution in [0.4, 0.5) is 18.3 Å².